The van der Waals surface area contributed by atoms with Gasteiger partial charge in [0.15, 0.2) is 0 Å². The maximum Gasteiger partial charge on any atom is 0.306 e. The molecule has 2 rings (SSSR count). The Morgan fingerprint density at radius 1 is 1.35 bits per heavy atom. The third-order valence-corrected chi connectivity index (χ3v) is 3.98. The molecule has 1 aromatic rings. The van der Waals surface area contributed by atoms with Gasteiger partial charge in [0.2, 0.25) is 0 Å². The molecule has 20 heavy (non-hydrogen) atoms. The SMILES string of the molecule is COC(=O)C[C@]1(C/C=C/c2ccccc2)CCCC1=O. The van der Waals surface area contributed by atoms with Crippen LogP contribution in [0.4, 0.5) is 0 Å². The monoisotopic (exact) mass is 272 g/mol. The average molecular weight is 272 g/mol. The summed E-state index contributed by atoms with van der Waals surface area (Å²) in [7, 11) is 1.37. The predicted molar refractivity (Wildman–Crippen MR) is 78.0 cm³/mol. The molecule has 1 saturated carbocycles. The zero-order chi connectivity index (χ0) is 14.4. The van der Waals surface area contributed by atoms with Gasteiger partial charge < -0.3 is 4.74 Å². The number of hydrogen-bond donors (Lipinski definition) is 0. The Labute approximate surface area is 119 Å². The molecule has 3 nitrogen and oxygen atoms in total. The van der Waals surface area contributed by atoms with Crippen molar-refractivity contribution < 1.29 is 14.3 Å². The predicted octanol–water partition coefficient (Wildman–Crippen LogP) is 3.39. The van der Waals surface area contributed by atoms with E-state index < -0.39 is 5.41 Å². The molecule has 0 bridgehead atoms. The average Bonchev–Trinajstić information content (AvgIpc) is 2.81. The molecule has 0 radical (unpaired) electrons. The number of esters is 1. The van der Waals surface area contributed by atoms with Gasteiger partial charge in [-0.25, -0.2) is 0 Å². The summed E-state index contributed by atoms with van der Waals surface area (Å²) in [5, 5.41) is 0. The Balaban J connectivity index is 2.07. The van der Waals surface area contributed by atoms with Crippen molar-refractivity contribution >= 4 is 17.8 Å². The van der Waals surface area contributed by atoms with Crippen molar-refractivity contribution in [2.75, 3.05) is 7.11 Å². The van der Waals surface area contributed by atoms with E-state index in [4.69, 9.17) is 4.74 Å². The van der Waals surface area contributed by atoms with E-state index in [1.54, 1.807) is 0 Å². The van der Waals surface area contributed by atoms with Gasteiger partial charge >= 0.3 is 5.97 Å². The van der Waals surface area contributed by atoms with E-state index in [2.05, 4.69) is 0 Å². The molecule has 0 spiro atoms. The normalized spacial score (nSPS) is 22.4. The number of carbonyl (C=O) groups is 2. The van der Waals surface area contributed by atoms with Gasteiger partial charge in [-0.15, -0.1) is 0 Å². The second kappa shape index (κ2) is 6.51. The summed E-state index contributed by atoms with van der Waals surface area (Å²) in [5.41, 5.74) is 0.560. The Morgan fingerprint density at radius 3 is 2.70 bits per heavy atom. The van der Waals surface area contributed by atoms with E-state index in [1.807, 2.05) is 42.5 Å². The van der Waals surface area contributed by atoms with E-state index >= 15 is 0 Å². The van der Waals surface area contributed by atoms with Gasteiger partial charge in [0, 0.05) is 11.8 Å². The molecule has 0 unspecified atom stereocenters. The van der Waals surface area contributed by atoms with Crippen LogP contribution in [0, 0.1) is 5.41 Å². The minimum absolute atomic E-state index is 0.195. The highest BCUT2D eigenvalue weighted by atomic mass is 16.5. The first-order valence-corrected chi connectivity index (χ1v) is 6.98. The van der Waals surface area contributed by atoms with Crippen LogP contribution in [-0.4, -0.2) is 18.9 Å². The maximum absolute atomic E-state index is 12.1. The molecule has 1 fully saturated rings. The van der Waals surface area contributed by atoms with Crippen LogP contribution in [0.1, 0.15) is 37.7 Å². The Hall–Kier alpha value is -1.90. The molecule has 1 atom stereocenters. The quantitative estimate of drug-likeness (QED) is 0.772. The van der Waals surface area contributed by atoms with Crippen LogP contribution in [0.3, 0.4) is 0 Å². The fourth-order valence-corrected chi connectivity index (χ4v) is 2.80. The fourth-order valence-electron chi connectivity index (χ4n) is 2.80. The molecule has 0 saturated heterocycles. The van der Waals surface area contributed by atoms with Crippen molar-refractivity contribution in [1.29, 1.82) is 0 Å². The summed E-state index contributed by atoms with van der Waals surface area (Å²) in [5.74, 6) is -0.103. The van der Waals surface area contributed by atoms with Gasteiger partial charge in [0.1, 0.15) is 5.78 Å². The third kappa shape index (κ3) is 3.35. The fraction of sp³-hybridized carbons (Fsp3) is 0.412. The van der Waals surface area contributed by atoms with Crippen LogP contribution in [0.2, 0.25) is 0 Å². The topological polar surface area (TPSA) is 43.4 Å². The molecule has 1 aliphatic rings. The highest BCUT2D eigenvalue weighted by Crippen LogP contribution is 2.41. The van der Waals surface area contributed by atoms with Gasteiger partial charge in [0.25, 0.3) is 0 Å². The Bertz CT molecular complexity index is 504. The van der Waals surface area contributed by atoms with Crippen molar-refractivity contribution in [2.24, 2.45) is 5.41 Å². The van der Waals surface area contributed by atoms with Crippen molar-refractivity contribution in [2.45, 2.75) is 32.1 Å². The second-order valence-corrected chi connectivity index (χ2v) is 5.33. The lowest BCUT2D eigenvalue weighted by atomic mass is 9.78. The van der Waals surface area contributed by atoms with Crippen LogP contribution >= 0.6 is 0 Å². The third-order valence-electron chi connectivity index (χ3n) is 3.98. The molecule has 106 valence electrons. The number of ether oxygens (including phenoxy) is 1. The van der Waals surface area contributed by atoms with Crippen molar-refractivity contribution in [1.82, 2.24) is 0 Å². The maximum atomic E-state index is 12.1. The first-order chi connectivity index (χ1) is 9.66. The van der Waals surface area contributed by atoms with Gasteiger partial charge in [-0.05, 0) is 24.8 Å². The molecule has 1 aromatic carbocycles. The molecule has 3 heteroatoms. The summed E-state index contributed by atoms with van der Waals surface area (Å²) >= 11 is 0. The molecule has 0 heterocycles. The Morgan fingerprint density at radius 2 is 2.10 bits per heavy atom. The number of rotatable bonds is 5. The first-order valence-electron chi connectivity index (χ1n) is 6.98. The lowest BCUT2D eigenvalue weighted by Gasteiger charge is -2.24. The molecule has 0 N–H and O–H groups in total. The summed E-state index contributed by atoms with van der Waals surface area (Å²) in [6.45, 7) is 0. The van der Waals surface area contributed by atoms with Crippen molar-refractivity contribution in [3.05, 3.63) is 42.0 Å². The minimum atomic E-state index is -0.543. The zero-order valence-corrected chi connectivity index (χ0v) is 11.8. The lowest BCUT2D eigenvalue weighted by molar-refractivity contribution is -0.146. The van der Waals surface area contributed by atoms with Gasteiger partial charge in [-0.2, -0.15) is 0 Å². The first kappa shape index (κ1) is 14.5. The van der Waals surface area contributed by atoms with E-state index in [0.717, 1.165) is 18.4 Å². The van der Waals surface area contributed by atoms with Gasteiger partial charge in [0.05, 0.1) is 13.5 Å². The van der Waals surface area contributed by atoms with Crippen LogP contribution in [0.15, 0.2) is 36.4 Å². The van der Waals surface area contributed by atoms with Gasteiger partial charge in [-0.3, -0.25) is 9.59 Å². The highest BCUT2D eigenvalue weighted by Gasteiger charge is 2.42. The highest BCUT2D eigenvalue weighted by molar-refractivity contribution is 5.90. The lowest BCUT2D eigenvalue weighted by Crippen LogP contribution is -2.29. The molecule has 0 aromatic heterocycles. The number of methoxy groups -OCH3 is 1. The number of Topliss-reactive ketones (excluding diaryl/α,β-unsaturated/α-hetero) is 1. The van der Waals surface area contributed by atoms with Crippen LogP contribution in [-0.2, 0) is 14.3 Å². The summed E-state index contributed by atoms with van der Waals surface area (Å²) in [6.07, 6.45) is 7.04. The van der Waals surface area contributed by atoms with E-state index in [1.165, 1.54) is 7.11 Å². The standard InChI is InChI=1S/C17H20O3/c1-20-16(19)13-17(12-6-10-15(17)18)11-5-9-14-7-3-2-4-8-14/h2-5,7-9H,6,10-13H2,1H3/b9-5+/t17-/m0/s1. The van der Waals surface area contributed by atoms with Crippen LogP contribution < -0.4 is 0 Å². The largest absolute Gasteiger partial charge is 0.469 e. The molecular weight excluding hydrogens is 252 g/mol. The smallest absolute Gasteiger partial charge is 0.306 e. The number of benzene rings is 1. The van der Waals surface area contributed by atoms with E-state index in [0.29, 0.717) is 12.8 Å². The number of hydrogen-bond acceptors (Lipinski definition) is 3. The van der Waals surface area contributed by atoms with E-state index in [9.17, 15) is 9.59 Å². The summed E-state index contributed by atoms with van der Waals surface area (Å²) < 4.78 is 4.73. The van der Waals surface area contributed by atoms with Crippen LogP contribution in [0.25, 0.3) is 6.08 Å². The summed E-state index contributed by atoms with van der Waals surface area (Å²) in [6, 6.07) is 9.95. The minimum Gasteiger partial charge on any atom is -0.469 e. The van der Waals surface area contributed by atoms with Crippen molar-refractivity contribution in [3.8, 4) is 0 Å². The number of ketones is 1. The zero-order valence-electron chi connectivity index (χ0n) is 11.8. The number of carbonyl (C=O) groups excluding carboxylic acids is 2. The molecule has 1 aliphatic carbocycles. The summed E-state index contributed by atoms with van der Waals surface area (Å²) in [4.78, 5) is 23.7. The molecule has 0 amide bonds. The number of allylic oxidation sites excluding steroid dienone is 1. The second-order valence-electron chi connectivity index (χ2n) is 5.33. The van der Waals surface area contributed by atoms with Crippen LogP contribution in [0.5, 0.6) is 0 Å². The molecular formula is C17H20O3. The van der Waals surface area contributed by atoms with E-state index in [-0.39, 0.29) is 18.2 Å². The Kier molecular flexibility index (Phi) is 4.72. The van der Waals surface area contributed by atoms with Crippen molar-refractivity contribution in [3.63, 3.8) is 0 Å². The van der Waals surface area contributed by atoms with Gasteiger partial charge in [-0.1, -0.05) is 42.5 Å². The molecule has 0 aliphatic heterocycles.